The maximum absolute atomic E-state index is 11.8. The van der Waals surface area contributed by atoms with Crippen molar-refractivity contribution in [3.05, 3.63) is 12.7 Å². The fourth-order valence-electron chi connectivity index (χ4n) is 1.09. The van der Waals surface area contributed by atoms with E-state index in [1.165, 1.54) is 6.08 Å². The normalized spacial score (nSPS) is 12.0. The third kappa shape index (κ3) is 5.87. The van der Waals surface area contributed by atoms with E-state index < -0.39 is 22.5 Å². The summed E-state index contributed by atoms with van der Waals surface area (Å²) in [5, 5.41) is 8.61. The summed E-state index contributed by atoms with van der Waals surface area (Å²) in [5.74, 6) is -0.911. The van der Waals surface area contributed by atoms with Gasteiger partial charge in [0.1, 0.15) is 6.54 Å². The van der Waals surface area contributed by atoms with Gasteiger partial charge in [-0.05, 0) is 12.3 Å². The molecule has 94 valence electrons. The zero-order valence-electron chi connectivity index (χ0n) is 9.72. The SMILES string of the molecule is C=CCN(CC(=O)O)S(=O)(=O)CCC(C)C. The number of sulfonamides is 1. The maximum Gasteiger partial charge on any atom is 0.318 e. The molecule has 0 rings (SSSR count). The Kier molecular flexibility index (Phi) is 6.28. The van der Waals surface area contributed by atoms with E-state index in [0.717, 1.165) is 4.31 Å². The first-order valence-electron chi connectivity index (χ1n) is 5.10. The molecule has 0 atom stereocenters. The van der Waals surface area contributed by atoms with E-state index in [9.17, 15) is 13.2 Å². The lowest BCUT2D eigenvalue weighted by molar-refractivity contribution is -0.137. The number of carbonyl (C=O) groups is 1. The first kappa shape index (κ1) is 15.1. The largest absolute Gasteiger partial charge is 0.480 e. The predicted molar refractivity (Wildman–Crippen MR) is 62.6 cm³/mol. The maximum atomic E-state index is 11.8. The fraction of sp³-hybridized carbons (Fsp3) is 0.700. The average molecular weight is 249 g/mol. The van der Waals surface area contributed by atoms with Gasteiger partial charge in [0.2, 0.25) is 10.0 Å². The van der Waals surface area contributed by atoms with Gasteiger partial charge in [0, 0.05) is 6.54 Å². The van der Waals surface area contributed by atoms with E-state index in [1.54, 1.807) is 0 Å². The van der Waals surface area contributed by atoms with E-state index in [1.807, 2.05) is 13.8 Å². The summed E-state index contributed by atoms with van der Waals surface area (Å²) in [6.45, 7) is 6.79. The highest BCUT2D eigenvalue weighted by atomic mass is 32.2. The van der Waals surface area contributed by atoms with Gasteiger partial charge in [0.15, 0.2) is 0 Å². The minimum Gasteiger partial charge on any atom is -0.480 e. The van der Waals surface area contributed by atoms with Gasteiger partial charge in [-0.2, -0.15) is 4.31 Å². The molecule has 16 heavy (non-hydrogen) atoms. The van der Waals surface area contributed by atoms with Gasteiger partial charge in [0.05, 0.1) is 5.75 Å². The molecule has 0 aliphatic rings. The van der Waals surface area contributed by atoms with Crippen LogP contribution in [0, 0.1) is 5.92 Å². The summed E-state index contributed by atoms with van der Waals surface area (Å²) in [6.07, 6.45) is 1.91. The molecule has 0 spiro atoms. The van der Waals surface area contributed by atoms with E-state index in [4.69, 9.17) is 5.11 Å². The van der Waals surface area contributed by atoms with Crippen LogP contribution >= 0.6 is 0 Å². The van der Waals surface area contributed by atoms with Gasteiger partial charge in [-0.1, -0.05) is 19.9 Å². The average Bonchev–Trinajstić information content (AvgIpc) is 2.14. The quantitative estimate of drug-likeness (QED) is 0.649. The second-order valence-electron chi connectivity index (χ2n) is 3.97. The highest BCUT2D eigenvalue weighted by Gasteiger charge is 2.23. The molecule has 0 fully saturated rings. The summed E-state index contributed by atoms with van der Waals surface area (Å²) >= 11 is 0. The van der Waals surface area contributed by atoms with Gasteiger partial charge in [0.25, 0.3) is 0 Å². The molecule has 0 unspecified atom stereocenters. The summed E-state index contributed by atoms with van der Waals surface area (Å²) in [7, 11) is -3.49. The summed E-state index contributed by atoms with van der Waals surface area (Å²) in [4.78, 5) is 10.5. The van der Waals surface area contributed by atoms with Crippen LogP contribution in [0.3, 0.4) is 0 Å². The molecule has 6 heteroatoms. The molecule has 0 heterocycles. The van der Waals surface area contributed by atoms with Crippen molar-refractivity contribution in [3.63, 3.8) is 0 Å². The van der Waals surface area contributed by atoms with Crippen molar-refractivity contribution in [1.82, 2.24) is 4.31 Å². The van der Waals surface area contributed by atoms with Crippen molar-refractivity contribution in [2.24, 2.45) is 5.92 Å². The van der Waals surface area contributed by atoms with Crippen molar-refractivity contribution in [2.75, 3.05) is 18.8 Å². The topological polar surface area (TPSA) is 74.7 Å². The lowest BCUT2D eigenvalue weighted by Gasteiger charge is -2.19. The Morgan fingerprint density at radius 2 is 2.06 bits per heavy atom. The van der Waals surface area contributed by atoms with E-state index in [0.29, 0.717) is 6.42 Å². The summed E-state index contributed by atoms with van der Waals surface area (Å²) in [6, 6.07) is 0. The Labute approximate surface area is 96.8 Å². The number of rotatable bonds is 8. The van der Waals surface area contributed by atoms with Gasteiger partial charge >= 0.3 is 5.97 Å². The van der Waals surface area contributed by atoms with Crippen molar-refractivity contribution in [1.29, 1.82) is 0 Å². The van der Waals surface area contributed by atoms with Crippen LogP contribution in [0.1, 0.15) is 20.3 Å². The van der Waals surface area contributed by atoms with E-state index >= 15 is 0 Å². The van der Waals surface area contributed by atoms with Gasteiger partial charge in [-0.25, -0.2) is 8.42 Å². The number of aliphatic carboxylic acids is 1. The highest BCUT2D eigenvalue weighted by Crippen LogP contribution is 2.08. The van der Waals surface area contributed by atoms with Gasteiger partial charge in [-0.3, -0.25) is 4.79 Å². The number of carboxylic acids is 1. The monoisotopic (exact) mass is 249 g/mol. The minimum atomic E-state index is -3.49. The Hall–Kier alpha value is -0.880. The van der Waals surface area contributed by atoms with Crippen molar-refractivity contribution < 1.29 is 18.3 Å². The summed E-state index contributed by atoms with van der Waals surface area (Å²) < 4.78 is 24.5. The number of nitrogens with zero attached hydrogens (tertiary/aromatic N) is 1. The summed E-state index contributed by atoms with van der Waals surface area (Å²) in [5.41, 5.74) is 0. The van der Waals surface area contributed by atoms with Crippen LogP contribution in [-0.4, -0.2) is 42.6 Å². The molecular weight excluding hydrogens is 230 g/mol. The molecule has 0 bridgehead atoms. The van der Waals surface area contributed by atoms with Crippen molar-refractivity contribution in [2.45, 2.75) is 20.3 Å². The second kappa shape index (κ2) is 6.65. The molecule has 0 saturated heterocycles. The van der Waals surface area contributed by atoms with Gasteiger partial charge in [-0.15, -0.1) is 6.58 Å². The smallest absolute Gasteiger partial charge is 0.318 e. The molecule has 0 radical (unpaired) electrons. The van der Waals surface area contributed by atoms with Gasteiger partial charge < -0.3 is 5.11 Å². The third-order valence-corrected chi connectivity index (χ3v) is 3.81. The molecule has 0 aromatic carbocycles. The Balaban J connectivity index is 4.61. The van der Waals surface area contributed by atoms with Crippen LogP contribution < -0.4 is 0 Å². The van der Waals surface area contributed by atoms with Crippen LogP contribution in [0.15, 0.2) is 12.7 Å². The van der Waals surface area contributed by atoms with Crippen LogP contribution in [-0.2, 0) is 14.8 Å². The van der Waals surface area contributed by atoms with Crippen LogP contribution in [0.25, 0.3) is 0 Å². The van der Waals surface area contributed by atoms with Crippen molar-refractivity contribution in [3.8, 4) is 0 Å². The molecule has 1 N–H and O–H groups in total. The zero-order chi connectivity index (χ0) is 12.8. The van der Waals surface area contributed by atoms with Crippen LogP contribution in [0.5, 0.6) is 0 Å². The minimum absolute atomic E-state index is 0.0220. The molecule has 0 aromatic rings. The first-order valence-corrected chi connectivity index (χ1v) is 6.71. The first-order chi connectivity index (χ1) is 7.29. The Morgan fingerprint density at radius 3 is 2.44 bits per heavy atom. The van der Waals surface area contributed by atoms with E-state index in [2.05, 4.69) is 6.58 Å². The van der Waals surface area contributed by atoms with E-state index in [-0.39, 0.29) is 18.2 Å². The zero-order valence-corrected chi connectivity index (χ0v) is 10.5. The molecule has 0 saturated carbocycles. The molecule has 5 nitrogen and oxygen atoms in total. The van der Waals surface area contributed by atoms with Crippen LogP contribution in [0.4, 0.5) is 0 Å². The standard InChI is InChI=1S/C10H19NO4S/c1-4-6-11(8-10(12)13)16(14,15)7-5-9(2)3/h4,9H,1,5-8H2,2-3H3,(H,12,13). The Morgan fingerprint density at radius 1 is 1.50 bits per heavy atom. The molecule has 0 amide bonds. The van der Waals surface area contributed by atoms with Crippen LogP contribution in [0.2, 0.25) is 0 Å². The number of hydrogen-bond donors (Lipinski definition) is 1. The predicted octanol–water partition coefficient (Wildman–Crippen LogP) is 0.935. The highest BCUT2D eigenvalue weighted by molar-refractivity contribution is 7.89. The third-order valence-electron chi connectivity index (χ3n) is 1.99. The second-order valence-corrected chi connectivity index (χ2v) is 6.06. The molecule has 0 aromatic heterocycles. The van der Waals surface area contributed by atoms with Crippen molar-refractivity contribution >= 4 is 16.0 Å². The Bertz CT molecular complexity index is 335. The fourth-order valence-corrected chi connectivity index (χ4v) is 2.75. The lowest BCUT2D eigenvalue weighted by atomic mass is 10.2. The number of hydrogen-bond acceptors (Lipinski definition) is 3. The molecular formula is C10H19NO4S. The molecule has 0 aliphatic carbocycles. The molecule has 0 aliphatic heterocycles. The number of carboxylic acid groups (broad SMARTS) is 1. The lowest BCUT2D eigenvalue weighted by Crippen LogP contribution is -2.37.